The Kier molecular flexibility index (Phi) is 4.99. The van der Waals surface area contributed by atoms with Crippen LogP contribution in [0.2, 0.25) is 0 Å². The number of carbonyl (C=O) groups is 1. The molecule has 5 fully saturated rings. The van der Waals surface area contributed by atoms with Gasteiger partial charge in [-0.3, -0.25) is 4.79 Å². The molecule has 5 aliphatic rings. The lowest BCUT2D eigenvalue weighted by molar-refractivity contribution is -0.267. The highest BCUT2D eigenvalue weighted by molar-refractivity contribution is 5.82. The predicted octanol–water partition coefficient (Wildman–Crippen LogP) is 6.15. The number of hydrogen-bond acceptors (Lipinski definition) is 3. The topological polar surface area (TPSA) is 57.5 Å². The van der Waals surface area contributed by atoms with Gasteiger partial charge in [0.05, 0.1) is 5.60 Å². The molecule has 3 heteroatoms. The molecular formula is C29H48O3. The average Bonchev–Trinajstić information content (AvgIpc) is 2.73. The average molecular weight is 445 g/mol. The number of ketones is 1. The van der Waals surface area contributed by atoms with Crippen LogP contribution in [0, 0.1) is 50.7 Å². The van der Waals surface area contributed by atoms with Crippen LogP contribution in [0.1, 0.15) is 112 Å². The zero-order valence-electron chi connectivity index (χ0n) is 21.6. The summed E-state index contributed by atoms with van der Waals surface area (Å²) in [4.78, 5) is 12.7. The number of carbonyl (C=O) groups excluding carboxylic acids is 1. The molecule has 0 saturated heterocycles. The first-order valence-corrected chi connectivity index (χ1v) is 13.6. The summed E-state index contributed by atoms with van der Waals surface area (Å²) in [5.41, 5.74) is 0.249. The minimum absolute atomic E-state index is 0.000799. The highest BCUT2D eigenvalue weighted by atomic mass is 16.3. The van der Waals surface area contributed by atoms with Gasteiger partial charge in [0.25, 0.3) is 0 Å². The molecule has 0 radical (unpaired) electrons. The van der Waals surface area contributed by atoms with E-state index in [1.54, 1.807) is 0 Å². The van der Waals surface area contributed by atoms with Gasteiger partial charge >= 0.3 is 0 Å². The molecule has 5 rings (SSSR count). The first kappa shape index (κ1) is 23.3. The Bertz CT molecular complexity index is 804. The number of hydrogen-bond donors (Lipinski definition) is 2. The van der Waals surface area contributed by atoms with Crippen LogP contribution in [0.5, 0.6) is 0 Å². The molecule has 0 aromatic rings. The maximum atomic E-state index is 12.7. The Morgan fingerprint density at radius 3 is 2.09 bits per heavy atom. The van der Waals surface area contributed by atoms with E-state index in [4.69, 9.17) is 0 Å². The zero-order chi connectivity index (χ0) is 23.4. The number of fused-ring (bicyclic) bond motifs is 7. The second kappa shape index (κ2) is 6.84. The molecule has 0 aromatic carbocycles. The summed E-state index contributed by atoms with van der Waals surface area (Å²) >= 11 is 0. The van der Waals surface area contributed by atoms with Crippen molar-refractivity contribution in [3.63, 3.8) is 0 Å². The number of aliphatic hydroxyl groups excluding tert-OH is 1. The fraction of sp³-hybridized carbons (Fsp3) is 0.966. The van der Waals surface area contributed by atoms with Gasteiger partial charge in [0.1, 0.15) is 5.78 Å². The molecule has 0 heterocycles. The highest BCUT2D eigenvalue weighted by Gasteiger charge is 2.71. The van der Waals surface area contributed by atoms with Crippen molar-refractivity contribution in [2.45, 2.75) is 118 Å². The van der Waals surface area contributed by atoms with E-state index in [2.05, 4.69) is 34.6 Å². The second-order valence-electron chi connectivity index (χ2n) is 14.5. The van der Waals surface area contributed by atoms with Crippen molar-refractivity contribution in [2.24, 2.45) is 50.7 Å². The summed E-state index contributed by atoms with van der Waals surface area (Å²) in [5, 5.41) is 21.8. The normalized spacial score (nSPS) is 60.1. The van der Waals surface area contributed by atoms with Gasteiger partial charge in [-0.05, 0) is 116 Å². The van der Waals surface area contributed by atoms with Crippen LogP contribution >= 0.6 is 0 Å². The standard InChI is InChI=1S/C29H48O3/c1-19-20(31)7-8-21-25(19,3)10-9-22-26(21,4)12-13-28(6)23-17-24(2,32)11-15-29(23,18-30)16-14-27(22,28)5/h19,21-23,30,32H,7-18H2,1-6H3. The van der Waals surface area contributed by atoms with E-state index in [1.807, 2.05) is 6.92 Å². The Labute approximate surface area is 196 Å². The van der Waals surface area contributed by atoms with Gasteiger partial charge < -0.3 is 10.2 Å². The van der Waals surface area contributed by atoms with Crippen LogP contribution in [0.3, 0.4) is 0 Å². The van der Waals surface area contributed by atoms with Crippen LogP contribution in [-0.4, -0.2) is 28.2 Å². The monoisotopic (exact) mass is 444 g/mol. The molecule has 0 spiro atoms. The SMILES string of the molecule is CC1C(=O)CCC2C1(C)CCC1C2(C)CCC2(C)C3CC(C)(O)CCC3(CO)CCC12C. The largest absolute Gasteiger partial charge is 0.396 e. The van der Waals surface area contributed by atoms with E-state index in [0.29, 0.717) is 29.0 Å². The van der Waals surface area contributed by atoms with Crippen LogP contribution < -0.4 is 0 Å². The van der Waals surface area contributed by atoms with Crippen molar-refractivity contribution in [3.05, 3.63) is 0 Å². The third kappa shape index (κ3) is 2.70. The van der Waals surface area contributed by atoms with E-state index in [1.165, 1.54) is 32.1 Å². The lowest BCUT2D eigenvalue weighted by Gasteiger charge is -2.74. The smallest absolute Gasteiger partial charge is 0.136 e. The summed E-state index contributed by atoms with van der Waals surface area (Å²) in [6.07, 6.45) is 11.7. The number of Topliss-reactive ketones (excluding diaryl/α,β-unsaturated/α-hetero) is 1. The van der Waals surface area contributed by atoms with Crippen molar-refractivity contribution in [3.8, 4) is 0 Å². The van der Waals surface area contributed by atoms with E-state index in [9.17, 15) is 15.0 Å². The molecule has 10 unspecified atom stereocenters. The van der Waals surface area contributed by atoms with Crippen molar-refractivity contribution in [1.29, 1.82) is 0 Å². The first-order valence-electron chi connectivity index (χ1n) is 13.6. The molecule has 0 aliphatic heterocycles. The Balaban J connectivity index is 1.55. The van der Waals surface area contributed by atoms with Crippen LogP contribution in [-0.2, 0) is 4.79 Å². The highest BCUT2D eigenvalue weighted by Crippen LogP contribution is 2.78. The number of rotatable bonds is 1. The lowest BCUT2D eigenvalue weighted by atomic mass is 9.30. The Morgan fingerprint density at radius 1 is 0.781 bits per heavy atom. The summed E-state index contributed by atoms with van der Waals surface area (Å²) in [6.45, 7) is 14.7. The van der Waals surface area contributed by atoms with Gasteiger partial charge in [0.2, 0.25) is 0 Å². The van der Waals surface area contributed by atoms with Crippen molar-refractivity contribution in [2.75, 3.05) is 6.61 Å². The van der Waals surface area contributed by atoms with E-state index in [0.717, 1.165) is 38.5 Å². The molecule has 182 valence electrons. The third-order valence-electron chi connectivity index (χ3n) is 13.5. The van der Waals surface area contributed by atoms with Crippen LogP contribution in [0.25, 0.3) is 0 Å². The maximum Gasteiger partial charge on any atom is 0.136 e. The summed E-state index contributed by atoms with van der Waals surface area (Å²) in [5.74, 6) is 2.40. The van der Waals surface area contributed by atoms with Gasteiger partial charge in [-0.25, -0.2) is 0 Å². The van der Waals surface area contributed by atoms with Gasteiger partial charge in [-0.2, -0.15) is 0 Å². The summed E-state index contributed by atoms with van der Waals surface area (Å²) < 4.78 is 0. The van der Waals surface area contributed by atoms with Crippen molar-refractivity contribution < 1.29 is 15.0 Å². The van der Waals surface area contributed by atoms with E-state index >= 15 is 0 Å². The molecule has 0 amide bonds. The summed E-state index contributed by atoms with van der Waals surface area (Å²) in [7, 11) is 0. The summed E-state index contributed by atoms with van der Waals surface area (Å²) in [6, 6.07) is 0. The van der Waals surface area contributed by atoms with E-state index in [-0.39, 0.29) is 34.2 Å². The van der Waals surface area contributed by atoms with Crippen LogP contribution in [0.4, 0.5) is 0 Å². The van der Waals surface area contributed by atoms with E-state index < -0.39 is 5.60 Å². The molecule has 2 N–H and O–H groups in total. The van der Waals surface area contributed by atoms with Gasteiger partial charge in [0.15, 0.2) is 0 Å². The number of aliphatic hydroxyl groups is 2. The molecular weight excluding hydrogens is 396 g/mol. The van der Waals surface area contributed by atoms with Gasteiger partial charge in [0, 0.05) is 18.9 Å². The molecule has 3 nitrogen and oxygen atoms in total. The lowest BCUT2D eigenvalue weighted by Crippen LogP contribution is -2.68. The molecule has 5 aliphatic carbocycles. The van der Waals surface area contributed by atoms with Crippen molar-refractivity contribution in [1.82, 2.24) is 0 Å². The minimum Gasteiger partial charge on any atom is -0.396 e. The molecule has 0 bridgehead atoms. The molecule has 0 aromatic heterocycles. The predicted molar refractivity (Wildman–Crippen MR) is 128 cm³/mol. The fourth-order valence-corrected chi connectivity index (χ4v) is 11.1. The molecule has 5 saturated carbocycles. The maximum absolute atomic E-state index is 12.7. The van der Waals surface area contributed by atoms with Gasteiger partial charge in [-0.1, -0.05) is 34.6 Å². The Hall–Kier alpha value is -0.410. The zero-order valence-corrected chi connectivity index (χ0v) is 21.6. The Morgan fingerprint density at radius 2 is 1.41 bits per heavy atom. The van der Waals surface area contributed by atoms with Gasteiger partial charge in [-0.15, -0.1) is 0 Å². The fourth-order valence-electron chi connectivity index (χ4n) is 11.1. The molecule has 32 heavy (non-hydrogen) atoms. The second-order valence-corrected chi connectivity index (χ2v) is 14.5. The van der Waals surface area contributed by atoms with Crippen molar-refractivity contribution >= 4 is 5.78 Å². The molecule has 10 atom stereocenters. The quantitative estimate of drug-likeness (QED) is 0.510. The van der Waals surface area contributed by atoms with Crippen LogP contribution in [0.15, 0.2) is 0 Å². The minimum atomic E-state index is -0.602. The third-order valence-corrected chi connectivity index (χ3v) is 13.5. The first-order chi connectivity index (χ1) is 14.8.